The third-order valence-electron chi connectivity index (χ3n) is 8.33. The number of aryl methyl sites for hydroxylation is 4. The second kappa shape index (κ2) is 11.7. The number of pyridine rings is 1. The van der Waals surface area contributed by atoms with E-state index in [9.17, 15) is 9.59 Å². The molecule has 216 valence electrons. The smallest absolute Gasteiger partial charge is 0.276 e. The van der Waals surface area contributed by atoms with E-state index in [2.05, 4.69) is 51.7 Å². The van der Waals surface area contributed by atoms with Crippen molar-refractivity contribution in [1.29, 1.82) is 0 Å². The highest BCUT2D eigenvalue weighted by atomic mass is 16.2. The first-order chi connectivity index (χ1) is 20.5. The Balaban J connectivity index is 1.18. The maximum absolute atomic E-state index is 13.6. The Kier molecular flexibility index (Phi) is 7.69. The zero-order chi connectivity index (χ0) is 29.2. The fraction of sp³-hybridized carbons (Fsp3) is 0.375. The number of rotatable bonds is 7. The molecule has 1 aliphatic carbocycles. The number of aromatic nitrogens is 5. The van der Waals surface area contributed by atoms with Crippen LogP contribution >= 0.6 is 0 Å². The molecular formula is C32H36N8O2. The van der Waals surface area contributed by atoms with Crippen LogP contribution in [-0.2, 0) is 32.7 Å². The molecule has 42 heavy (non-hydrogen) atoms. The largest absolute Gasteiger partial charge is 0.351 e. The maximum atomic E-state index is 13.6. The lowest BCUT2D eigenvalue weighted by Gasteiger charge is -2.32. The van der Waals surface area contributed by atoms with E-state index >= 15 is 0 Å². The predicted molar refractivity (Wildman–Crippen MR) is 162 cm³/mol. The number of amides is 2. The van der Waals surface area contributed by atoms with Crippen LogP contribution in [0.25, 0.3) is 11.4 Å². The Labute approximate surface area is 245 Å². The molecule has 1 saturated heterocycles. The summed E-state index contributed by atoms with van der Waals surface area (Å²) in [6, 6.07) is 11.7. The molecule has 4 heterocycles. The Hall–Kier alpha value is -4.60. The van der Waals surface area contributed by atoms with Gasteiger partial charge < -0.3 is 15.5 Å². The molecule has 10 nitrogen and oxygen atoms in total. The number of benzene rings is 1. The molecule has 0 unspecified atom stereocenters. The average Bonchev–Trinajstić information content (AvgIpc) is 3.38. The van der Waals surface area contributed by atoms with Gasteiger partial charge in [0.25, 0.3) is 11.8 Å². The second-order valence-corrected chi connectivity index (χ2v) is 10.9. The van der Waals surface area contributed by atoms with Gasteiger partial charge in [0.2, 0.25) is 5.95 Å². The van der Waals surface area contributed by atoms with E-state index in [1.165, 1.54) is 0 Å². The fourth-order valence-corrected chi connectivity index (χ4v) is 6.04. The van der Waals surface area contributed by atoms with Crippen molar-refractivity contribution in [2.24, 2.45) is 7.05 Å². The van der Waals surface area contributed by atoms with Crippen LogP contribution in [0.4, 0.5) is 11.6 Å². The van der Waals surface area contributed by atoms with Gasteiger partial charge in [-0.05, 0) is 67.3 Å². The van der Waals surface area contributed by atoms with Gasteiger partial charge in [-0.3, -0.25) is 19.3 Å². The number of hydrogen-bond donors (Lipinski definition) is 2. The number of carbonyl (C=O) groups is 2. The van der Waals surface area contributed by atoms with E-state index in [1.54, 1.807) is 16.9 Å². The van der Waals surface area contributed by atoms with Crippen molar-refractivity contribution in [2.45, 2.75) is 58.4 Å². The SMILES string of the molecule is CCc1cccc(CC)c1NC(=O)c1nn(C)c2c1CCc1cnc(NC3CCN(C(=O)c4ccccn4)CC3)nc1-2. The van der Waals surface area contributed by atoms with Crippen LogP contribution in [0.15, 0.2) is 48.8 Å². The highest BCUT2D eigenvalue weighted by Gasteiger charge is 2.30. The van der Waals surface area contributed by atoms with E-state index in [4.69, 9.17) is 4.98 Å². The predicted octanol–water partition coefficient (Wildman–Crippen LogP) is 4.46. The molecule has 0 radical (unpaired) electrons. The summed E-state index contributed by atoms with van der Waals surface area (Å²) in [6.07, 6.45) is 8.23. The summed E-state index contributed by atoms with van der Waals surface area (Å²) in [7, 11) is 1.87. The molecule has 10 heteroatoms. The summed E-state index contributed by atoms with van der Waals surface area (Å²) >= 11 is 0. The van der Waals surface area contributed by atoms with Gasteiger partial charge in [-0.15, -0.1) is 0 Å². The third kappa shape index (κ3) is 5.24. The molecule has 2 aliphatic rings. The molecule has 2 N–H and O–H groups in total. The van der Waals surface area contributed by atoms with Crippen molar-refractivity contribution >= 4 is 23.5 Å². The molecule has 6 rings (SSSR count). The summed E-state index contributed by atoms with van der Waals surface area (Å²) in [5, 5.41) is 11.3. The summed E-state index contributed by atoms with van der Waals surface area (Å²) in [5.74, 6) is 0.324. The summed E-state index contributed by atoms with van der Waals surface area (Å²) in [6.45, 7) is 5.48. The van der Waals surface area contributed by atoms with E-state index in [0.717, 1.165) is 71.4 Å². The van der Waals surface area contributed by atoms with Gasteiger partial charge in [0.15, 0.2) is 5.69 Å². The maximum Gasteiger partial charge on any atom is 0.276 e. The van der Waals surface area contributed by atoms with Crippen molar-refractivity contribution in [2.75, 3.05) is 23.7 Å². The Morgan fingerprint density at radius 1 is 0.976 bits per heavy atom. The third-order valence-corrected chi connectivity index (χ3v) is 8.33. The molecule has 4 aromatic rings. The van der Waals surface area contributed by atoms with Crippen molar-refractivity contribution in [3.05, 3.63) is 82.4 Å². The number of fused-ring (bicyclic) bond motifs is 3. The lowest BCUT2D eigenvalue weighted by molar-refractivity contribution is 0.0712. The molecule has 0 bridgehead atoms. The Morgan fingerprint density at radius 3 is 2.43 bits per heavy atom. The van der Waals surface area contributed by atoms with Gasteiger partial charge in [-0.2, -0.15) is 5.10 Å². The van der Waals surface area contributed by atoms with E-state index in [-0.39, 0.29) is 17.9 Å². The first-order valence-electron chi connectivity index (χ1n) is 14.8. The molecule has 0 atom stereocenters. The van der Waals surface area contributed by atoms with Gasteiger partial charge >= 0.3 is 0 Å². The Morgan fingerprint density at radius 2 is 1.74 bits per heavy atom. The van der Waals surface area contributed by atoms with Crippen LogP contribution in [0.1, 0.15) is 69.9 Å². The normalized spacial score (nSPS) is 14.7. The quantitative estimate of drug-likeness (QED) is 0.340. The highest BCUT2D eigenvalue weighted by Crippen LogP contribution is 2.35. The zero-order valence-corrected chi connectivity index (χ0v) is 24.4. The number of hydrogen-bond acceptors (Lipinski definition) is 7. The summed E-state index contributed by atoms with van der Waals surface area (Å²) < 4.78 is 1.77. The highest BCUT2D eigenvalue weighted by molar-refractivity contribution is 6.06. The molecule has 3 aromatic heterocycles. The average molecular weight is 565 g/mol. The van der Waals surface area contributed by atoms with Crippen LogP contribution < -0.4 is 10.6 Å². The molecule has 1 fully saturated rings. The van der Waals surface area contributed by atoms with Crippen LogP contribution in [0, 0.1) is 0 Å². The number of anilines is 2. The zero-order valence-electron chi connectivity index (χ0n) is 24.4. The Bertz CT molecular complexity index is 1600. The number of nitrogens with zero attached hydrogens (tertiary/aromatic N) is 6. The number of piperidine rings is 1. The van der Waals surface area contributed by atoms with Gasteiger partial charge in [0.1, 0.15) is 5.69 Å². The molecular weight excluding hydrogens is 528 g/mol. The lowest BCUT2D eigenvalue weighted by Crippen LogP contribution is -2.42. The van der Waals surface area contributed by atoms with Crippen LogP contribution in [0.3, 0.4) is 0 Å². The minimum absolute atomic E-state index is 0.0354. The van der Waals surface area contributed by atoms with Gasteiger partial charge in [-0.25, -0.2) is 9.97 Å². The number of carbonyl (C=O) groups excluding carboxylic acids is 2. The molecule has 0 spiro atoms. The van der Waals surface area contributed by atoms with E-state index in [0.29, 0.717) is 36.8 Å². The van der Waals surface area contributed by atoms with Gasteiger partial charge in [0, 0.05) is 49.8 Å². The lowest BCUT2D eigenvalue weighted by atomic mass is 9.93. The van der Waals surface area contributed by atoms with E-state index in [1.807, 2.05) is 36.3 Å². The monoisotopic (exact) mass is 564 g/mol. The van der Waals surface area contributed by atoms with Crippen molar-refractivity contribution in [1.82, 2.24) is 29.6 Å². The number of likely N-dealkylation sites (tertiary alicyclic amines) is 1. The second-order valence-electron chi connectivity index (χ2n) is 10.9. The van der Waals surface area contributed by atoms with Crippen LogP contribution in [-0.4, -0.2) is 60.6 Å². The molecule has 1 aromatic carbocycles. The van der Waals surface area contributed by atoms with Gasteiger partial charge in [-0.1, -0.05) is 38.1 Å². The first kappa shape index (κ1) is 27.6. The van der Waals surface area contributed by atoms with Crippen LogP contribution in [0.5, 0.6) is 0 Å². The topological polar surface area (TPSA) is 118 Å². The van der Waals surface area contributed by atoms with Gasteiger partial charge in [0.05, 0.1) is 11.4 Å². The van der Waals surface area contributed by atoms with Crippen molar-refractivity contribution in [3.63, 3.8) is 0 Å². The van der Waals surface area contributed by atoms with Crippen LogP contribution in [0.2, 0.25) is 0 Å². The minimum atomic E-state index is -0.190. The minimum Gasteiger partial charge on any atom is -0.351 e. The number of nitrogens with one attached hydrogen (secondary N) is 2. The molecule has 0 saturated carbocycles. The number of para-hydroxylation sites is 1. The fourth-order valence-electron chi connectivity index (χ4n) is 6.04. The van der Waals surface area contributed by atoms with Crippen molar-refractivity contribution < 1.29 is 9.59 Å². The van der Waals surface area contributed by atoms with Crippen molar-refractivity contribution in [3.8, 4) is 11.4 Å². The van der Waals surface area contributed by atoms with E-state index < -0.39 is 0 Å². The summed E-state index contributed by atoms with van der Waals surface area (Å²) in [5.41, 5.74) is 7.69. The molecule has 1 aliphatic heterocycles. The standard InChI is InChI=1S/C32H36N8O2/c1-4-20-9-8-10-21(5-2)26(20)36-30(41)28-24-13-12-22-19-34-32(37-27(22)29(24)39(3)38-28)35-23-14-17-40(18-15-23)31(42)25-11-6-7-16-33-25/h6-11,16,19,23H,4-5,12-15,17-18H2,1-3H3,(H,36,41)(H,34,35,37). The summed E-state index contributed by atoms with van der Waals surface area (Å²) in [4.78, 5) is 41.9. The molecule has 2 amide bonds. The first-order valence-corrected chi connectivity index (χ1v) is 14.8.